The first-order chi connectivity index (χ1) is 12.1. The molecule has 0 aliphatic carbocycles. The van der Waals surface area contributed by atoms with Gasteiger partial charge in [-0.25, -0.2) is 0 Å². The van der Waals surface area contributed by atoms with Crippen molar-refractivity contribution in [1.82, 2.24) is 15.5 Å². The Kier molecular flexibility index (Phi) is 8.32. The number of guanidine groups is 1. The summed E-state index contributed by atoms with van der Waals surface area (Å²) in [5.41, 5.74) is 5.28. The lowest BCUT2D eigenvalue weighted by molar-refractivity contribution is -0.119. The van der Waals surface area contributed by atoms with Gasteiger partial charge in [-0.3, -0.25) is 14.7 Å². The van der Waals surface area contributed by atoms with E-state index in [2.05, 4.69) is 28.7 Å². The molecule has 2 aliphatic rings. The Morgan fingerprint density at radius 3 is 2.60 bits per heavy atom. The first-order valence-electron chi connectivity index (χ1n) is 9.25. The molecule has 0 unspecified atom stereocenters. The van der Waals surface area contributed by atoms with E-state index in [0.29, 0.717) is 12.6 Å². The van der Waals surface area contributed by atoms with Crippen molar-refractivity contribution < 1.29 is 9.53 Å². The smallest absolute Gasteiger partial charge is 0.231 e. The number of rotatable bonds is 7. The third-order valence-electron chi connectivity index (χ3n) is 5.01. The van der Waals surface area contributed by atoms with Crippen molar-refractivity contribution in [3.8, 4) is 0 Å². The van der Waals surface area contributed by atoms with Gasteiger partial charge in [-0.1, -0.05) is 0 Å². The number of carbonyl (C=O) groups excluding carboxylic acids is 1. The van der Waals surface area contributed by atoms with E-state index in [9.17, 15) is 4.79 Å². The van der Waals surface area contributed by atoms with E-state index in [-0.39, 0.29) is 10.7 Å². The number of nitrogens with zero attached hydrogens (tertiary/aromatic N) is 2. The fraction of sp³-hybridized carbons (Fsp3) is 0.882. The number of primary amides is 1. The molecule has 0 spiro atoms. The summed E-state index contributed by atoms with van der Waals surface area (Å²) < 4.78 is 5.71. The van der Waals surface area contributed by atoms with Crippen LogP contribution in [0.2, 0.25) is 0 Å². The van der Waals surface area contributed by atoms with Crippen molar-refractivity contribution in [2.45, 2.75) is 43.4 Å². The highest BCUT2D eigenvalue weighted by Gasteiger charge is 2.31. The van der Waals surface area contributed by atoms with E-state index >= 15 is 0 Å². The van der Waals surface area contributed by atoms with Crippen LogP contribution in [0.1, 0.15) is 32.6 Å². The molecule has 0 atom stereocenters. The van der Waals surface area contributed by atoms with Gasteiger partial charge in [0, 0.05) is 43.6 Å². The Labute approximate surface area is 155 Å². The Hall–Kier alpha value is -0.990. The minimum atomic E-state index is -0.250. The molecular formula is C17H33N5O2S. The minimum Gasteiger partial charge on any atom is -0.381 e. The van der Waals surface area contributed by atoms with Gasteiger partial charge in [0.25, 0.3) is 0 Å². The van der Waals surface area contributed by atoms with Crippen LogP contribution in [0.25, 0.3) is 0 Å². The average molecular weight is 372 g/mol. The molecule has 0 aromatic rings. The number of nitrogens with two attached hydrogens (primary N) is 1. The van der Waals surface area contributed by atoms with Crippen molar-refractivity contribution in [3.05, 3.63) is 0 Å². The molecular weight excluding hydrogens is 338 g/mol. The number of thioether (sulfide) groups is 1. The maximum absolute atomic E-state index is 11.0. The van der Waals surface area contributed by atoms with Gasteiger partial charge in [0.05, 0.1) is 13.1 Å². The summed E-state index contributed by atoms with van der Waals surface area (Å²) in [5, 5.41) is 6.93. The minimum absolute atomic E-state index is 0.200. The van der Waals surface area contributed by atoms with Crippen molar-refractivity contribution in [2.24, 2.45) is 10.7 Å². The summed E-state index contributed by atoms with van der Waals surface area (Å²) in [6.07, 6.45) is 6.29. The van der Waals surface area contributed by atoms with Gasteiger partial charge >= 0.3 is 0 Å². The summed E-state index contributed by atoms with van der Waals surface area (Å²) in [7, 11) is 0. The maximum Gasteiger partial charge on any atom is 0.231 e. The molecule has 7 nitrogen and oxygen atoms in total. The molecule has 25 heavy (non-hydrogen) atoms. The Balaban J connectivity index is 1.86. The van der Waals surface area contributed by atoms with Gasteiger partial charge < -0.3 is 21.1 Å². The fourth-order valence-electron chi connectivity index (χ4n) is 3.36. The Morgan fingerprint density at radius 1 is 1.36 bits per heavy atom. The van der Waals surface area contributed by atoms with Crippen LogP contribution >= 0.6 is 11.8 Å². The van der Waals surface area contributed by atoms with E-state index in [1.54, 1.807) is 0 Å². The van der Waals surface area contributed by atoms with Crippen LogP contribution in [0.3, 0.4) is 0 Å². The zero-order chi connectivity index (χ0) is 18.1. The van der Waals surface area contributed by atoms with Gasteiger partial charge in [-0.05, 0) is 38.9 Å². The lowest BCUT2D eigenvalue weighted by Gasteiger charge is -2.35. The van der Waals surface area contributed by atoms with Crippen LogP contribution in [-0.4, -0.2) is 79.7 Å². The molecule has 0 bridgehead atoms. The van der Waals surface area contributed by atoms with E-state index < -0.39 is 0 Å². The second kappa shape index (κ2) is 10.2. The lowest BCUT2D eigenvalue weighted by Crippen LogP contribution is -2.50. The third-order valence-corrected chi connectivity index (χ3v) is 6.42. The van der Waals surface area contributed by atoms with Crippen LogP contribution in [0.5, 0.6) is 0 Å². The van der Waals surface area contributed by atoms with Crippen molar-refractivity contribution in [3.63, 3.8) is 0 Å². The molecule has 0 aromatic heterocycles. The fourth-order valence-corrected chi connectivity index (χ4v) is 4.13. The third kappa shape index (κ3) is 6.67. The molecule has 2 fully saturated rings. The molecule has 2 heterocycles. The maximum atomic E-state index is 11.0. The van der Waals surface area contributed by atoms with Crippen LogP contribution in [0.4, 0.5) is 0 Å². The van der Waals surface area contributed by atoms with Crippen molar-refractivity contribution in [1.29, 1.82) is 0 Å². The average Bonchev–Trinajstić information content (AvgIpc) is 2.62. The van der Waals surface area contributed by atoms with Crippen molar-refractivity contribution in [2.75, 3.05) is 52.2 Å². The topological polar surface area (TPSA) is 92.0 Å². The largest absolute Gasteiger partial charge is 0.381 e. The predicted molar refractivity (Wildman–Crippen MR) is 104 cm³/mol. The van der Waals surface area contributed by atoms with Crippen LogP contribution in [-0.2, 0) is 9.53 Å². The van der Waals surface area contributed by atoms with E-state index in [0.717, 1.165) is 71.0 Å². The lowest BCUT2D eigenvalue weighted by atomic mass is 9.99. The summed E-state index contributed by atoms with van der Waals surface area (Å²) in [4.78, 5) is 18.0. The molecule has 144 valence electrons. The first-order valence-corrected chi connectivity index (χ1v) is 10.5. The number of nitrogens with one attached hydrogen (secondary N) is 2. The highest BCUT2D eigenvalue weighted by Crippen LogP contribution is 2.33. The number of ether oxygens (including phenoxy) is 1. The van der Waals surface area contributed by atoms with Crippen LogP contribution in [0.15, 0.2) is 4.99 Å². The number of likely N-dealkylation sites (tertiary alicyclic amines) is 1. The highest BCUT2D eigenvalue weighted by atomic mass is 32.2. The molecule has 8 heteroatoms. The number of amides is 1. The van der Waals surface area contributed by atoms with Gasteiger partial charge in [-0.2, -0.15) is 11.8 Å². The monoisotopic (exact) mass is 371 g/mol. The predicted octanol–water partition coefficient (Wildman–Crippen LogP) is 0.403. The Bertz CT molecular complexity index is 446. The molecule has 0 radical (unpaired) electrons. The van der Waals surface area contributed by atoms with E-state index in [1.807, 2.05) is 11.8 Å². The summed E-state index contributed by atoms with van der Waals surface area (Å²) in [6, 6.07) is 0.391. The second-order valence-corrected chi connectivity index (χ2v) is 8.13. The van der Waals surface area contributed by atoms with Crippen molar-refractivity contribution >= 4 is 23.6 Å². The number of carbonyl (C=O) groups is 1. The summed E-state index contributed by atoms with van der Waals surface area (Å²) in [6.45, 7) is 7.56. The van der Waals surface area contributed by atoms with Gasteiger partial charge in [0.1, 0.15) is 0 Å². The molecule has 0 saturated carbocycles. The molecule has 1 amide bonds. The number of hydrogen-bond donors (Lipinski definition) is 3. The molecule has 2 saturated heterocycles. The van der Waals surface area contributed by atoms with E-state index in [1.165, 1.54) is 0 Å². The normalized spacial score (nSPS) is 22.6. The molecule has 0 aromatic carbocycles. The number of hydrogen-bond acceptors (Lipinski definition) is 5. The van der Waals surface area contributed by atoms with Crippen LogP contribution < -0.4 is 16.4 Å². The summed E-state index contributed by atoms with van der Waals surface area (Å²) in [5.74, 6) is 0.649. The standard InChI is InChI=1S/C17H33N5O2S/c1-3-19-16(20-13-17(25-2)6-10-24-11-7-17)21-14-4-8-22(9-5-14)12-15(18)23/h14H,3-13H2,1-2H3,(H2,18,23)(H2,19,20,21). The van der Waals surface area contributed by atoms with Gasteiger partial charge in [0.15, 0.2) is 5.96 Å². The van der Waals surface area contributed by atoms with Gasteiger partial charge in [-0.15, -0.1) is 0 Å². The molecule has 2 rings (SSSR count). The SMILES string of the molecule is CCNC(=NCC1(SC)CCOCC1)NC1CCN(CC(N)=O)CC1. The molecule has 2 aliphatic heterocycles. The van der Waals surface area contributed by atoms with Crippen LogP contribution in [0, 0.1) is 0 Å². The quantitative estimate of drug-likeness (QED) is 0.443. The summed E-state index contributed by atoms with van der Waals surface area (Å²) >= 11 is 1.91. The first kappa shape index (κ1) is 20.3. The zero-order valence-corrected chi connectivity index (χ0v) is 16.4. The highest BCUT2D eigenvalue weighted by molar-refractivity contribution is 8.00. The Morgan fingerprint density at radius 2 is 2.04 bits per heavy atom. The zero-order valence-electron chi connectivity index (χ0n) is 15.6. The number of piperidine rings is 1. The number of aliphatic imine (C=N–C) groups is 1. The van der Waals surface area contributed by atoms with E-state index in [4.69, 9.17) is 15.5 Å². The molecule has 4 N–H and O–H groups in total. The van der Waals surface area contributed by atoms with Gasteiger partial charge in [0.2, 0.25) is 5.91 Å². The second-order valence-electron chi connectivity index (χ2n) is 6.86.